The van der Waals surface area contributed by atoms with Crippen molar-refractivity contribution < 1.29 is 36.7 Å². The average molecular weight is 534 g/mol. The molecule has 2 N–H and O–H groups in total. The van der Waals surface area contributed by atoms with E-state index in [1.165, 1.54) is 24.1 Å². The predicted octanol–water partition coefficient (Wildman–Crippen LogP) is 2.84. The molecule has 0 saturated carbocycles. The molecule has 0 aliphatic carbocycles. The summed E-state index contributed by atoms with van der Waals surface area (Å²) in [5, 5.41) is 0.291. The molecular formula is C25H26F3N5O5. The standard InChI is InChI=1S/C25H26F3N5O5/c1-36-17-6-4-16(15-5-7-19(25(26,27)28)30-21(15)17)23-31-22(18(11-29)38-23)24(35)33-9-8-32(20(34)13-33)12-14-3-2-10-37-14/h4-7,14H,2-3,8-13,29H2,1H3. The minimum atomic E-state index is -4.64. The van der Waals surface area contributed by atoms with E-state index >= 15 is 0 Å². The number of hydrogen-bond acceptors (Lipinski definition) is 8. The van der Waals surface area contributed by atoms with Crippen LogP contribution in [0.3, 0.4) is 0 Å². The molecule has 3 aromatic rings. The summed E-state index contributed by atoms with van der Waals surface area (Å²) in [5.41, 5.74) is 4.98. The lowest BCUT2D eigenvalue weighted by molar-refractivity contribution is -0.141. The fraction of sp³-hybridized carbons (Fsp3) is 0.440. The maximum absolute atomic E-state index is 13.3. The highest BCUT2D eigenvalue weighted by Gasteiger charge is 2.35. The Hall–Kier alpha value is -3.71. The van der Waals surface area contributed by atoms with Crippen molar-refractivity contribution in [2.45, 2.75) is 31.7 Å². The van der Waals surface area contributed by atoms with Gasteiger partial charge in [0.15, 0.2) is 11.5 Å². The lowest BCUT2D eigenvalue weighted by atomic mass is 10.1. The molecule has 0 radical (unpaired) electrons. The van der Waals surface area contributed by atoms with E-state index in [-0.39, 0.29) is 53.7 Å². The van der Waals surface area contributed by atoms with Crippen molar-refractivity contribution in [3.05, 3.63) is 41.4 Å². The second kappa shape index (κ2) is 10.2. The van der Waals surface area contributed by atoms with Crippen LogP contribution in [0, 0.1) is 0 Å². The molecule has 13 heteroatoms. The Morgan fingerprint density at radius 2 is 2.03 bits per heavy atom. The van der Waals surface area contributed by atoms with Crippen LogP contribution < -0.4 is 10.5 Å². The first-order valence-corrected chi connectivity index (χ1v) is 12.1. The summed E-state index contributed by atoms with van der Waals surface area (Å²) < 4.78 is 56.4. The second-order valence-electron chi connectivity index (χ2n) is 9.10. The summed E-state index contributed by atoms with van der Waals surface area (Å²) in [5.74, 6) is -0.475. The van der Waals surface area contributed by atoms with Crippen LogP contribution in [0.5, 0.6) is 5.75 Å². The number of benzene rings is 1. The molecule has 38 heavy (non-hydrogen) atoms. The first kappa shape index (κ1) is 25.9. The van der Waals surface area contributed by atoms with Gasteiger partial charge in [-0.2, -0.15) is 13.2 Å². The molecule has 0 bridgehead atoms. The zero-order valence-electron chi connectivity index (χ0n) is 20.6. The summed E-state index contributed by atoms with van der Waals surface area (Å²) in [6.07, 6.45) is -2.75. The zero-order chi connectivity index (χ0) is 27.0. The molecule has 2 aliphatic heterocycles. The van der Waals surface area contributed by atoms with Crippen LogP contribution in [0.4, 0.5) is 13.2 Å². The fourth-order valence-electron chi connectivity index (χ4n) is 4.73. The number of oxazole rings is 1. The van der Waals surface area contributed by atoms with E-state index in [1.54, 1.807) is 11.0 Å². The van der Waals surface area contributed by atoms with E-state index < -0.39 is 17.8 Å². The number of pyridine rings is 1. The molecule has 5 rings (SSSR count). The number of nitrogens with two attached hydrogens (primary N) is 1. The zero-order valence-corrected chi connectivity index (χ0v) is 20.6. The van der Waals surface area contributed by atoms with Crippen molar-refractivity contribution in [1.29, 1.82) is 0 Å². The van der Waals surface area contributed by atoms with E-state index in [2.05, 4.69) is 9.97 Å². The van der Waals surface area contributed by atoms with Crippen LogP contribution in [0.2, 0.25) is 0 Å². The topological polar surface area (TPSA) is 124 Å². The van der Waals surface area contributed by atoms with E-state index in [0.717, 1.165) is 18.9 Å². The molecule has 2 aromatic heterocycles. The molecular weight excluding hydrogens is 507 g/mol. The molecule has 2 fully saturated rings. The Morgan fingerprint density at radius 3 is 2.68 bits per heavy atom. The normalized spacial score (nSPS) is 18.4. The Bertz CT molecular complexity index is 1370. The molecule has 1 aromatic carbocycles. The second-order valence-corrected chi connectivity index (χ2v) is 9.10. The Labute approximate surface area is 215 Å². The highest BCUT2D eigenvalue weighted by molar-refractivity contribution is 5.99. The van der Waals surface area contributed by atoms with Gasteiger partial charge in [0.05, 0.1) is 19.8 Å². The highest BCUT2D eigenvalue weighted by atomic mass is 19.4. The molecule has 2 aliphatic rings. The Morgan fingerprint density at radius 1 is 1.21 bits per heavy atom. The van der Waals surface area contributed by atoms with Gasteiger partial charge in [0.1, 0.15) is 23.5 Å². The maximum atomic E-state index is 13.3. The van der Waals surface area contributed by atoms with Crippen molar-refractivity contribution in [2.75, 3.05) is 39.9 Å². The maximum Gasteiger partial charge on any atom is 0.433 e. The predicted molar refractivity (Wildman–Crippen MR) is 128 cm³/mol. The van der Waals surface area contributed by atoms with Gasteiger partial charge in [0.2, 0.25) is 11.8 Å². The lowest BCUT2D eigenvalue weighted by Gasteiger charge is -2.35. The van der Waals surface area contributed by atoms with Crippen LogP contribution in [0.15, 0.2) is 28.7 Å². The van der Waals surface area contributed by atoms with Crippen molar-refractivity contribution in [3.8, 4) is 17.2 Å². The summed E-state index contributed by atoms with van der Waals surface area (Å²) in [4.78, 5) is 37.2. The molecule has 2 amide bonds. The first-order valence-electron chi connectivity index (χ1n) is 12.1. The number of carbonyl (C=O) groups excluding carboxylic acids is 2. The number of halogens is 3. The Kier molecular flexibility index (Phi) is 6.97. The summed E-state index contributed by atoms with van der Waals surface area (Å²) in [6, 6.07) is 5.11. The monoisotopic (exact) mass is 533 g/mol. The number of carbonyl (C=O) groups is 2. The van der Waals surface area contributed by atoms with Crippen molar-refractivity contribution in [3.63, 3.8) is 0 Å². The number of methoxy groups -OCH3 is 1. The molecule has 4 heterocycles. The largest absolute Gasteiger partial charge is 0.494 e. The third-order valence-corrected chi connectivity index (χ3v) is 6.70. The van der Waals surface area contributed by atoms with Crippen LogP contribution >= 0.6 is 0 Å². The van der Waals surface area contributed by atoms with Crippen molar-refractivity contribution >= 4 is 22.7 Å². The van der Waals surface area contributed by atoms with Gasteiger partial charge < -0.3 is 29.4 Å². The number of ether oxygens (including phenoxy) is 2. The molecule has 10 nitrogen and oxygen atoms in total. The number of amides is 2. The van der Waals surface area contributed by atoms with Crippen LogP contribution in [-0.4, -0.2) is 77.6 Å². The first-order chi connectivity index (χ1) is 18.2. The van der Waals surface area contributed by atoms with E-state index in [9.17, 15) is 22.8 Å². The van der Waals surface area contributed by atoms with Crippen LogP contribution in [-0.2, 0) is 22.3 Å². The molecule has 202 valence electrons. The summed E-state index contributed by atoms with van der Waals surface area (Å²) in [7, 11) is 1.33. The van der Waals surface area contributed by atoms with E-state index in [4.69, 9.17) is 19.6 Å². The Balaban J connectivity index is 1.42. The average Bonchev–Trinajstić information content (AvgIpc) is 3.58. The molecule has 0 spiro atoms. The van der Waals surface area contributed by atoms with Gasteiger partial charge in [-0.1, -0.05) is 0 Å². The quantitative estimate of drug-likeness (QED) is 0.513. The number of hydrogen-bond donors (Lipinski definition) is 1. The summed E-state index contributed by atoms with van der Waals surface area (Å²) in [6.45, 7) is 1.59. The molecule has 2 saturated heterocycles. The molecule has 1 atom stereocenters. The van der Waals surface area contributed by atoms with E-state index in [1.807, 2.05) is 0 Å². The number of rotatable bonds is 6. The van der Waals surface area contributed by atoms with Crippen LogP contribution in [0.25, 0.3) is 22.4 Å². The number of piperazine rings is 1. The van der Waals surface area contributed by atoms with E-state index in [0.29, 0.717) is 37.2 Å². The van der Waals surface area contributed by atoms with Crippen LogP contribution in [0.1, 0.15) is 34.8 Å². The smallest absolute Gasteiger partial charge is 0.433 e. The third kappa shape index (κ3) is 4.90. The van der Waals surface area contributed by atoms with Gasteiger partial charge in [0.25, 0.3) is 5.91 Å². The van der Waals surface area contributed by atoms with Crippen molar-refractivity contribution in [2.24, 2.45) is 5.73 Å². The highest BCUT2D eigenvalue weighted by Crippen LogP contribution is 2.37. The SMILES string of the molecule is COc1ccc(-c2nc(C(=O)N3CCN(CC4CCCO4)C(=O)C3)c(CN)o2)c2ccc(C(F)(F)F)nc12. The minimum Gasteiger partial charge on any atom is -0.494 e. The van der Waals surface area contributed by atoms with Crippen molar-refractivity contribution in [1.82, 2.24) is 19.8 Å². The van der Waals surface area contributed by atoms with Gasteiger partial charge in [-0.3, -0.25) is 9.59 Å². The number of fused-ring (bicyclic) bond motifs is 1. The molecule has 1 unspecified atom stereocenters. The fourth-order valence-corrected chi connectivity index (χ4v) is 4.73. The van der Waals surface area contributed by atoms with Gasteiger partial charge in [0, 0.05) is 37.2 Å². The lowest BCUT2D eigenvalue weighted by Crippen LogP contribution is -2.54. The van der Waals surface area contributed by atoms with Gasteiger partial charge in [-0.15, -0.1) is 0 Å². The van der Waals surface area contributed by atoms with Gasteiger partial charge >= 0.3 is 6.18 Å². The number of nitrogens with zero attached hydrogens (tertiary/aromatic N) is 4. The summed E-state index contributed by atoms with van der Waals surface area (Å²) >= 11 is 0. The number of alkyl halides is 3. The number of aromatic nitrogens is 2. The van der Waals surface area contributed by atoms with Gasteiger partial charge in [-0.25, -0.2) is 9.97 Å². The minimum absolute atomic E-state index is 0.00800. The third-order valence-electron chi connectivity index (χ3n) is 6.70. The van der Waals surface area contributed by atoms with Gasteiger partial charge in [-0.05, 0) is 37.1 Å².